The molecule has 0 fully saturated rings. The van der Waals surface area contributed by atoms with Crippen LogP contribution in [0, 0.1) is 11.8 Å². The molecule has 0 aliphatic rings. The van der Waals surface area contributed by atoms with Crippen LogP contribution in [0.3, 0.4) is 0 Å². The topological polar surface area (TPSA) is 71.1 Å². The molecule has 25 heavy (non-hydrogen) atoms. The standard InChI is InChI=1S/C19H36O6/c1-7-11-22-14(5)24-18(20)16(9-3)13-17(10-4)19(21)25-15(6)23-12-8-2/h14-17H,7-13H2,1-6H3. The van der Waals surface area contributed by atoms with E-state index in [2.05, 4.69) is 0 Å². The molecule has 0 heterocycles. The van der Waals surface area contributed by atoms with Crippen LogP contribution in [-0.4, -0.2) is 37.7 Å². The van der Waals surface area contributed by atoms with Crippen molar-refractivity contribution in [2.45, 2.75) is 86.2 Å². The van der Waals surface area contributed by atoms with Gasteiger partial charge in [-0.05, 0) is 46.0 Å². The van der Waals surface area contributed by atoms with E-state index < -0.39 is 12.6 Å². The van der Waals surface area contributed by atoms with Gasteiger partial charge in [-0.1, -0.05) is 27.7 Å². The van der Waals surface area contributed by atoms with Crippen LogP contribution in [-0.2, 0) is 28.5 Å². The molecule has 0 aliphatic carbocycles. The first kappa shape index (κ1) is 23.9. The fraction of sp³-hybridized carbons (Fsp3) is 0.895. The summed E-state index contributed by atoms with van der Waals surface area (Å²) in [6.45, 7) is 12.3. The van der Waals surface area contributed by atoms with E-state index in [1.54, 1.807) is 13.8 Å². The average molecular weight is 360 g/mol. The molecule has 0 aromatic rings. The smallest absolute Gasteiger partial charge is 0.311 e. The van der Waals surface area contributed by atoms with Crippen LogP contribution in [0.25, 0.3) is 0 Å². The normalized spacial score (nSPS) is 15.9. The van der Waals surface area contributed by atoms with Gasteiger partial charge in [0.25, 0.3) is 0 Å². The molecule has 0 radical (unpaired) electrons. The Kier molecular flexibility index (Phi) is 13.4. The van der Waals surface area contributed by atoms with E-state index in [-0.39, 0.29) is 23.8 Å². The first-order valence-corrected chi connectivity index (χ1v) is 9.53. The Morgan fingerprint density at radius 2 is 1.08 bits per heavy atom. The molecule has 0 amide bonds. The minimum Gasteiger partial charge on any atom is -0.436 e. The summed E-state index contributed by atoms with van der Waals surface area (Å²) in [5, 5.41) is 0. The van der Waals surface area contributed by atoms with Gasteiger partial charge in [0, 0.05) is 0 Å². The van der Waals surface area contributed by atoms with E-state index in [1.807, 2.05) is 27.7 Å². The molecule has 0 aromatic carbocycles. The lowest BCUT2D eigenvalue weighted by Gasteiger charge is -2.23. The molecule has 148 valence electrons. The maximum Gasteiger partial charge on any atom is 0.311 e. The molecule has 6 nitrogen and oxygen atoms in total. The summed E-state index contributed by atoms with van der Waals surface area (Å²) in [7, 11) is 0. The fourth-order valence-corrected chi connectivity index (χ4v) is 2.36. The Balaban J connectivity index is 4.56. The fourth-order valence-electron chi connectivity index (χ4n) is 2.36. The zero-order valence-electron chi connectivity index (χ0n) is 16.7. The van der Waals surface area contributed by atoms with Gasteiger partial charge < -0.3 is 18.9 Å². The first-order chi connectivity index (χ1) is 11.9. The van der Waals surface area contributed by atoms with E-state index in [0.29, 0.717) is 32.5 Å². The second kappa shape index (κ2) is 14.1. The Morgan fingerprint density at radius 1 is 0.720 bits per heavy atom. The van der Waals surface area contributed by atoms with Gasteiger partial charge in [-0.2, -0.15) is 0 Å². The van der Waals surface area contributed by atoms with Crippen molar-refractivity contribution in [2.75, 3.05) is 13.2 Å². The zero-order chi connectivity index (χ0) is 19.2. The van der Waals surface area contributed by atoms with Crippen LogP contribution >= 0.6 is 0 Å². The van der Waals surface area contributed by atoms with Gasteiger partial charge >= 0.3 is 11.9 Å². The number of hydrogen-bond acceptors (Lipinski definition) is 6. The summed E-state index contributed by atoms with van der Waals surface area (Å²) in [5.41, 5.74) is 0. The molecule has 6 heteroatoms. The molecule has 0 aliphatic heterocycles. The molecular weight excluding hydrogens is 324 g/mol. The number of carbonyl (C=O) groups is 2. The predicted octanol–water partition coefficient (Wildman–Crippen LogP) is 4.06. The maximum atomic E-state index is 12.3. The molecular formula is C19H36O6. The lowest BCUT2D eigenvalue weighted by atomic mass is 9.91. The van der Waals surface area contributed by atoms with Crippen molar-refractivity contribution in [1.82, 2.24) is 0 Å². The second-order valence-electron chi connectivity index (χ2n) is 6.20. The van der Waals surface area contributed by atoms with Gasteiger partial charge in [-0.25, -0.2) is 0 Å². The number of carbonyl (C=O) groups excluding carboxylic acids is 2. The van der Waals surface area contributed by atoms with Crippen LogP contribution in [0.15, 0.2) is 0 Å². The molecule has 0 N–H and O–H groups in total. The summed E-state index contributed by atoms with van der Waals surface area (Å²) in [6, 6.07) is 0. The molecule has 4 atom stereocenters. The minimum absolute atomic E-state index is 0.326. The first-order valence-electron chi connectivity index (χ1n) is 9.53. The molecule has 0 saturated carbocycles. The third-order valence-electron chi connectivity index (χ3n) is 3.90. The van der Waals surface area contributed by atoms with Gasteiger partial charge in [0.15, 0.2) is 12.6 Å². The largest absolute Gasteiger partial charge is 0.436 e. The highest BCUT2D eigenvalue weighted by atomic mass is 16.7. The maximum absolute atomic E-state index is 12.3. The predicted molar refractivity (Wildman–Crippen MR) is 95.8 cm³/mol. The summed E-state index contributed by atoms with van der Waals surface area (Å²) in [4.78, 5) is 24.6. The monoisotopic (exact) mass is 360 g/mol. The van der Waals surface area contributed by atoms with Gasteiger partial charge in [0.2, 0.25) is 0 Å². The van der Waals surface area contributed by atoms with Crippen molar-refractivity contribution in [3.05, 3.63) is 0 Å². The lowest BCUT2D eigenvalue weighted by Crippen LogP contribution is -2.30. The van der Waals surface area contributed by atoms with Gasteiger partial charge in [-0.3, -0.25) is 9.59 Å². The van der Waals surface area contributed by atoms with Crippen LogP contribution in [0.2, 0.25) is 0 Å². The number of esters is 2. The van der Waals surface area contributed by atoms with E-state index in [4.69, 9.17) is 18.9 Å². The highest BCUT2D eigenvalue weighted by Crippen LogP contribution is 2.22. The van der Waals surface area contributed by atoms with Gasteiger partial charge in [0.1, 0.15) is 0 Å². The molecule has 0 bridgehead atoms. The summed E-state index contributed by atoms with van der Waals surface area (Å²) < 4.78 is 21.4. The van der Waals surface area contributed by atoms with E-state index in [1.165, 1.54) is 0 Å². The van der Waals surface area contributed by atoms with Gasteiger partial charge in [-0.15, -0.1) is 0 Å². The van der Waals surface area contributed by atoms with E-state index in [9.17, 15) is 9.59 Å². The van der Waals surface area contributed by atoms with Crippen LogP contribution in [0.4, 0.5) is 0 Å². The molecule has 0 rings (SSSR count). The summed E-state index contributed by atoms with van der Waals surface area (Å²) in [6.07, 6.45) is 2.19. The van der Waals surface area contributed by atoms with Gasteiger partial charge in [0.05, 0.1) is 25.0 Å². The Hall–Kier alpha value is -1.14. The highest BCUT2D eigenvalue weighted by molar-refractivity contribution is 5.76. The van der Waals surface area contributed by atoms with Crippen LogP contribution in [0.1, 0.15) is 73.6 Å². The van der Waals surface area contributed by atoms with Crippen LogP contribution in [0.5, 0.6) is 0 Å². The zero-order valence-corrected chi connectivity index (χ0v) is 16.7. The SMILES string of the molecule is CCCOC(C)OC(=O)C(CC)CC(CC)C(=O)OC(C)OCCC. The number of rotatable bonds is 14. The highest BCUT2D eigenvalue weighted by Gasteiger charge is 2.29. The van der Waals surface area contributed by atoms with Crippen molar-refractivity contribution >= 4 is 11.9 Å². The Bertz CT molecular complexity index is 337. The average Bonchev–Trinajstić information content (AvgIpc) is 2.58. The van der Waals surface area contributed by atoms with Crippen molar-refractivity contribution in [2.24, 2.45) is 11.8 Å². The summed E-state index contributed by atoms with van der Waals surface area (Å²) >= 11 is 0. The molecule has 4 unspecified atom stereocenters. The summed E-state index contributed by atoms with van der Waals surface area (Å²) in [5.74, 6) is -1.35. The van der Waals surface area contributed by atoms with Crippen molar-refractivity contribution in [1.29, 1.82) is 0 Å². The Labute approximate surface area is 152 Å². The quantitative estimate of drug-likeness (QED) is 0.344. The van der Waals surface area contributed by atoms with Crippen LogP contribution < -0.4 is 0 Å². The Morgan fingerprint density at radius 3 is 1.36 bits per heavy atom. The van der Waals surface area contributed by atoms with Crippen molar-refractivity contribution in [3.63, 3.8) is 0 Å². The van der Waals surface area contributed by atoms with Crippen molar-refractivity contribution < 1.29 is 28.5 Å². The van der Waals surface area contributed by atoms with Crippen molar-refractivity contribution in [3.8, 4) is 0 Å². The molecule has 0 spiro atoms. The number of hydrogen-bond donors (Lipinski definition) is 0. The second-order valence-corrected chi connectivity index (χ2v) is 6.20. The molecule has 0 aromatic heterocycles. The molecule has 0 saturated heterocycles. The third kappa shape index (κ3) is 10.4. The van der Waals surface area contributed by atoms with E-state index in [0.717, 1.165) is 12.8 Å². The number of ether oxygens (including phenoxy) is 4. The minimum atomic E-state index is -0.573. The lowest BCUT2D eigenvalue weighted by molar-refractivity contribution is -0.183. The third-order valence-corrected chi connectivity index (χ3v) is 3.90. The van der Waals surface area contributed by atoms with E-state index >= 15 is 0 Å².